The molecule has 3 N–H and O–H groups in total. The third-order valence-electron chi connectivity index (χ3n) is 1.54. The highest BCUT2D eigenvalue weighted by Gasteiger charge is 1.91. The third kappa shape index (κ3) is 2.40. The normalized spacial score (nSPS) is 10.8. The first-order valence-electron chi connectivity index (χ1n) is 3.87. The Kier molecular flexibility index (Phi) is 2.88. The molecule has 0 aliphatic heterocycles. The highest BCUT2D eigenvalue weighted by atomic mass is 16.2. The molecule has 1 aromatic rings. The molecule has 0 amide bonds. The molecule has 0 aliphatic rings. The van der Waals surface area contributed by atoms with Gasteiger partial charge in [0, 0.05) is 5.69 Å². The van der Waals surface area contributed by atoms with Gasteiger partial charge in [-0.15, -0.1) is 0 Å². The second-order valence-electron chi connectivity index (χ2n) is 2.76. The van der Waals surface area contributed by atoms with E-state index in [9.17, 15) is 0 Å². The van der Waals surface area contributed by atoms with Crippen LogP contribution >= 0.6 is 0 Å². The Morgan fingerprint density at radius 2 is 2.17 bits per heavy atom. The van der Waals surface area contributed by atoms with E-state index in [0.29, 0.717) is 0 Å². The second kappa shape index (κ2) is 3.93. The summed E-state index contributed by atoms with van der Waals surface area (Å²) in [6.07, 6.45) is 3.54. The molecular weight excluding hydrogens is 150 g/mol. The number of hydrogen-bond donors (Lipinski definition) is 2. The van der Waals surface area contributed by atoms with E-state index in [-0.39, 0.29) is 6.61 Å². The van der Waals surface area contributed by atoms with Crippen LogP contribution in [-0.4, -0.2) is 11.7 Å². The maximum Gasteiger partial charge on any atom is 0.0615 e. The third-order valence-corrected chi connectivity index (χ3v) is 1.54. The monoisotopic (exact) mass is 163 g/mol. The zero-order chi connectivity index (χ0) is 8.97. The lowest BCUT2D eigenvalue weighted by Gasteiger charge is -1.98. The number of anilines is 1. The zero-order valence-electron chi connectivity index (χ0n) is 7.12. The van der Waals surface area contributed by atoms with Crippen molar-refractivity contribution >= 4 is 11.8 Å². The van der Waals surface area contributed by atoms with Gasteiger partial charge in [-0.05, 0) is 30.2 Å². The fourth-order valence-corrected chi connectivity index (χ4v) is 1.13. The summed E-state index contributed by atoms with van der Waals surface area (Å²) in [5.41, 5.74) is 8.55. The minimum Gasteiger partial charge on any atom is -0.399 e. The van der Waals surface area contributed by atoms with Crippen LogP contribution in [0.4, 0.5) is 5.69 Å². The van der Waals surface area contributed by atoms with Crippen LogP contribution < -0.4 is 5.73 Å². The second-order valence-corrected chi connectivity index (χ2v) is 2.76. The smallest absolute Gasteiger partial charge is 0.0615 e. The van der Waals surface area contributed by atoms with Gasteiger partial charge in [-0.25, -0.2) is 0 Å². The molecule has 0 saturated carbocycles. The van der Waals surface area contributed by atoms with E-state index in [2.05, 4.69) is 0 Å². The minimum absolute atomic E-state index is 0.0633. The molecule has 0 saturated heterocycles. The molecule has 0 aliphatic carbocycles. The van der Waals surface area contributed by atoms with Crippen molar-refractivity contribution < 1.29 is 5.11 Å². The number of rotatable bonds is 2. The maximum atomic E-state index is 8.55. The average molecular weight is 163 g/mol. The van der Waals surface area contributed by atoms with Gasteiger partial charge in [0.1, 0.15) is 0 Å². The van der Waals surface area contributed by atoms with E-state index >= 15 is 0 Å². The van der Waals surface area contributed by atoms with E-state index in [1.807, 2.05) is 31.2 Å². The van der Waals surface area contributed by atoms with Gasteiger partial charge in [0.25, 0.3) is 0 Å². The summed E-state index contributed by atoms with van der Waals surface area (Å²) < 4.78 is 0. The Hall–Kier alpha value is -1.28. The van der Waals surface area contributed by atoms with Gasteiger partial charge in [-0.3, -0.25) is 0 Å². The number of nitrogen functional groups attached to an aromatic ring is 1. The fraction of sp³-hybridized carbons (Fsp3) is 0.200. The molecule has 0 radical (unpaired) electrons. The molecule has 0 atom stereocenters. The molecule has 1 aromatic carbocycles. The standard InChI is InChI=1S/C10H13NO/c1-8-5-9(3-2-4-12)7-10(11)6-8/h2-3,5-7,12H,4,11H2,1H3. The largest absolute Gasteiger partial charge is 0.399 e. The van der Waals surface area contributed by atoms with Crippen molar-refractivity contribution in [2.24, 2.45) is 0 Å². The Labute approximate surface area is 72.3 Å². The van der Waals surface area contributed by atoms with Crippen molar-refractivity contribution in [3.05, 3.63) is 35.4 Å². The highest BCUT2D eigenvalue weighted by molar-refractivity contribution is 5.57. The lowest BCUT2D eigenvalue weighted by Crippen LogP contribution is -1.86. The summed E-state index contributed by atoms with van der Waals surface area (Å²) in [5, 5.41) is 8.55. The van der Waals surface area contributed by atoms with Crippen LogP contribution in [-0.2, 0) is 0 Å². The predicted molar refractivity (Wildman–Crippen MR) is 51.7 cm³/mol. The number of aliphatic hydroxyl groups is 1. The lowest BCUT2D eigenvalue weighted by molar-refractivity contribution is 0.343. The number of benzene rings is 1. The SMILES string of the molecule is Cc1cc(N)cc(C=CCO)c1. The van der Waals surface area contributed by atoms with Gasteiger partial charge in [0.2, 0.25) is 0 Å². The molecule has 2 nitrogen and oxygen atoms in total. The quantitative estimate of drug-likeness (QED) is 0.650. The zero-order valence-corrected chi connectivity index (χ0v) is 7.12. The molecule has 0 unspecified atom stereocenters. The number of hydrogen-bond acceptors (Lipinski definition) is 2. The molecule has 0 heterocycles. The molecule has 1 rings (SSSR count). The van der Waals surface area contributed by atoms with Crippen molar-refractivity contribution in [3.8, 4) is 0 Å². The molecule has 0 fully saturated rings. The average Bonchev–Trinajstić information content (AvgIpc) is 1.99. The van der Waals surface area contributed by atoms with Crippen LogP contribution in [0.3, 0.4) is 0 Å². The van der Waals surface area contributed by atoms with E-state index < -0.39 is 0 Å². The van der Waals surface area contributed by atoms with Gasteiger partial charge in [0.05, 0.1) is 6.61 Å². The summed E-state index contributed by atoms with van der Waals surface area (Å²) >= 11 is 0. The molecule has 64 valence electrons. The van der Waals surface area contributed by atoms with Crippen LogP contribution in [0.2, 0.25) is 0 Å². The Morgan fingerprint density at radius 3 is 2.75 bits per heavy atom. The van der Waals surface area contributed by atoms with Gasteiger partial charge >= 0.3 is 0 Å². The number of nitrogens with two attached hydrogens (primary N) is 1. The summed E-state index contributed by atoms with van der Waals surface area (Å²) in [6.45, 7) is 2.06. The van der Waals surface area contributed by atoms with Crippen molar-refractivity contribution in [2.75, 3.05) is 12.3 Å². The van der Waals surface area contributed by atoms with E-state index in [1.165, 1.54) is 0 Å². The summed E-state index contributed by atoms with van der Waals surface area (Å²) in [5.74, 6) is 0. The fourth-order valence-electron chi connectivity index (χ4n) is 1.13. The molecule has 0 bridgehead atoms. The topological polar surface area (TPSA) is 46.2 Å². The molecule has 0 aromatic heterocycles. The Balaban J connectivity index is 2.93. The Bertz CT molecular complexity index is 272. The van der Waals surface area contributed by atoms with Gasteiger partial charge < -0.3 is 10.8 Å². The van der Waals surface area contributed by atoms with Crippen molar-refractivity contribution in [2.45, 2.75) is 6.92 Å². The summed E-state index contributed by atoms with van der Waals surface area (Å²) in [4.78, 5) is 0. The summed E-state index contributed by atoms with van der Waals surface area (Å²) in [6, 6.07) is 5.80. The maximum absolute atomic E-state index is 8.55. The van der Waals surface area contributed by atoms with E-state index in [0.717, 1.165) is 16.8 Å². The number of aliphatic hydroxyl groups excluding tert-OH is 1. The van der Waals surface area contributed by atoms with Crippen LogP contribution in [0.15, 0.2) is 24.3 Å². The van der Waals surface area contributed by atoms with Crippen LogP contribution in [0.25, 0.3) is 6.08 Å². The molecular formula is C10H13NO. The van der Waals surface area contributed by atoms with E-state index in [4.69, 9.17) is 10.8 Å². The van der Waals surface area contributed by atoms with E-state index in [1.54, 1.807) is 6.08 Å². The summed E-state index contributed by atoms with van der Waals surface area (Å²) in [7, 11) is 0. The van der Waals surface area contributed by atoms with Crippen LogP contribution in [0, 0.1) is 6.92 Å². The van der Waals surface area contributed by atoms with Crippen molar-refractivity contribution in [1.29, 1.82) is 0 Å². The lowest BCUT2D eigenvalue weighted by atomic mass is 10.1. The predicted octanol–water partition coefficient (Wildman–Crippen LogP) is 1.58. The van der Waals surface area contributed by atoms with Crippen LogP contribution in [0.1, 0.15) is 11.1 Å². The first kappa shape index (κ1) is 8.81. The molecule has 12 heavy (non-hydrogen) atoms. The van der Waals surface area contributed by atoms with Gasteiger partial charge in [-0.2, -0.15) is 0 Å². The first-order chi connectivity index (χ1) is 5.72. The van der Waals surface area contributed by atoms with Crippen molar-refractivity contribution in [1.82, 2.24) is 0 Å². The Morgan fingerprint density at radius 1 is 1.42 bits per heavy atom. The van der Waals surface area contributed by atoms with Crippen molar-refractivity contribution in [3.63, 3.8) is 0 Å². The highest BCUT2D eigenvalue weighted by Crippen LogP contribution is 2.12. The van der Waals surface area contributed by atoms with Gasteiger partial charge in [-0.1, -0.05) is 18.2 Å². The minimum atomic E-state index is 0.0633. The molecule has 0 spiro atoms. The van der Waals surface area contributed by atoms with Gasteiger partial charge in [0.15, 0.2) is 0 Å². The molecule has 2 heteroatoms. The number of aryl methyl sites for hydroxylation is 1. The first-order valence-corrected chi connectivity index (χ1v) is 3.87. The van der Waals surface area contributed by atoms with Crippen LogP contribution in [0.5, 0.6) is 0 Å².